The van der Waals surface area contributed by atoms with Crippen LogP contribution in [0.2, 0.25) is 0 Å². The van der Waals surface area contributed by atoms with E-state index in [1.165, 1.54) is 0 Å². The van der Waals surface area contributed by atoms with Crippen LogP contribution in [0.1, 0.15) is 57.9 Å². The number of piperazine rings is 1. The van der Waals surface area contributed by atoms with Gasteiger partial charge in [0.05, 0.1) is 23.6 Å². The Morgan fingerprint density at radius 2 is 1.90 bits per heavy atom. The molecule has 2 saturated heterocycles. The first-order chi connectivity index (χ1) is 18.6. The number of aromatic nitrogens is 2. The van der Waals surface area contributed by atoms with E-state index < -0.39 is 5.60 Å². The highest BCUT2D eigenvalue weighted by molar-refractivity contribution is 5.99. The standard InChI is InChI=1S/C29H42N6O4/c1-7-21-19-34(28(37)39-29(3,4)5)16-17-35(21)24-12-11-23(22-10-9-14-30-27(22)38-8-2)32-25(24)26(36)31-20-13-15-33(6)18-20/h9-12,14,20-21H,7-8,13,15-19H2,1-6H3,(H,31,36)/t20-,21-/m1/s1. The lowest BCUT2D eigenvalue weighted by Gasteiger charge is -2.43. The molecule has 0 aromatic carbocycles. The fourth-order valence-electron chi connectivity index (χ4n) is 5.16. The van der Waals surface area contributed by atoms with Crippen LogP contribution in [0.3, 0.4) is 0 Å². The van der Waals surface area contributed by atoms with Crippen molar-refractivity contribution in [1.82, 2.24) is 25.1 Å². The number of ether oxygens (including phenoxy) is 2. The normalized spacial score (nSPS) is 20.2. The molecule has 212 valence electrons. The van der Waals surface area contributed by atoms with Crippen LogP contribution in [-0.2, 0) is 4.74 Å². The number of nitrogens with zero attached hydrogens (tertiary/aromatic N) is 5. The van der Waals surface area contributed by atoms with Crippen LogP contribution in [0.15, 0.2) is 30.5 Å². The Balaban J connectivity index is 1.66. The van der Waals surface area contributed by atoms with E-state index in [-0.39, 0.29) is 24.1 Å². The molecule has 0 aliphatic carbocycles. The monoisotopic (exact) mass is 538 g/mol. The summed E-state index contributed by atoms with van der Waals surface area (Å²) in [7, 11) is 2.06. The molecule has 1 N–H and O–H groups in total. The number of carbonyl (C=O) groups is 2. The van der Waals surface area contributed by atoms with Gasteiger partial charge in [0.25, 0.3) is 5.91 Å². The molecule has 0 radical (unpaired) electrons. The van der Waals surface area contributed by atoms with E-state index in [2.05, 4.69) is 34.1 Å². The predicted octanol–water partition coefficient (Wildman–Crippen LogP) is 3.81. The van der Waals surface area contributed by atoms with Gasteiger partial charge in [0.2, 0.25) is 5.88 Å². The number of likely N-dealkylation sites (N-methyl/N-ethyl adjacent to an activating group) is 1. The van der Waals surface area contributed by atoms with Crippen molar-refractivity contribution in [2.75, 3.05) is 51.3 Å². The maximum Gasteiger partial charge on any atom is 0.410 e. The van der Waals surface area contributed by atoms with E-state index in [1.54, 1.807) is 11.1 Å². The molecule has 2 aromatic rings. The fraction of sp³-hybridized carbons (Fsp3) is 0.586. The summed E-state index contributed by atoms with van der Waals surface area (Å²) >= 11 is 0. The number of nitrogens with one attached hydrogen (secondary N) is 1. The molecule has 39 heavy (non-hydrogen) atoms. The van der Waals surface area contributed by atoms with Crippen molar-refractivity contribution in [3.8, 4) is 17.1 Å². The summed E-state index contributed by atoms with van der Waals surface area (Å²) in [5, 5.41) is 3.21. The van der Waals surface area contributed by atoms with Crippen LogP contribution in [0.25, 0.3) is 11.3 Å². The maximum atomic E-state index is 13.7. The largest absolute Gasteiger partial charge is 0.477 e. The minimum absolute atomic E-state index is 0.0143. The molecule has 2 fully saturated rings. The second kappa shape index (κ2) is 12.2. The number of rotatable bonds is 7. The quantitative estimate of drug-likeness (QED) is 0.568. The van der Waals surface area contributed by atoms with Gasteiger partial charge in [-0.15, -0.1) is 0 Å². The molecular formula is C29H42N6O4. The lowest BCUT2D eigenvalue weighted by molar-refractivity contribution is 0.0213. The van der Waals surface area contributed by atoms with Gasteiger partial charge in [0.1, 0.15) is 5.60 Å². The van der Waals surface area contributed by atoms with Crippen molar-refractivity contribution in [3.63, 3.8) is 0 Å². The van der Waals surface area contributed by atoms with Crippen LogP contribution >= 0.6 is 0 Å². The van der Waals surface area contributed by atoms with E-state index in [1.807, 2.05) is 52.0 Å². The van der Waals surface area contributed by atoms with Crippen molar-refractivity contribution in [3.05, 3.63) is 36.2 Å². The zero-order valence-electron chi connectivity index (χ0n) is 24.1. The maximum absolute atomic E-state index is 13.7. The molecule has 2 aliphatic rings. The SMILES string of the molecule is CCOc1ncccc1-c1ccc(N2CCN(C(=O)OC(C)(C)C)C[C@H]2CC)c(C(=O)N[C@@H]2CCN(C)C2)n1. The number of hydrogen-bond acceptors (Lipinski definition) is 8. The fourth-order valence-corrected chi connectivity index (χ4v) is 5.16. The summed E-state index contributed by atoms with van der Waals surface area (Å²) in [6.45, 7) is 13.4. The highest BCUT2D eigenvalue weighted by Gasteiger charge is 2.34. The third kappa shape index (κ3) is 6.98. The zero-order valence-corrected chi connectivity index (χ0v) is 24.1. The average Bonchev–Trinajstić information content (AvgIpc) is 3.31. The highest BCUT2D eigenvalue weighted by Crippen LogP contribution is 2.32. The molecule has 0 saturated carbocycles. The lowest BCUT2D eigenvalue weighted by Crippen LogP contribution is -2.56. The minimum Gasteiger partial charge on any atom is -0.477 e. The molecule has 2 aromatic heterocycles. The number of anilines is 1. The molecule has 4 rings (SSSR count). The van der Waals surface area contributed by atoms with Gasteiger partial charge in [-0.25, -0.2) is 14.8 Å². The number of carbonyl (C=O) groups excluding carboxylic acids is 2. The molecule has 0 bridgehead atoms. The Bertz CT molecular complexity index is 1170. The second-order valence-electron chi connectivity index (χ2n) is 11.3. The van der Waals surface area contributed by atoms with Gasteiger partial charge in [0, 0.05) is 44.5 Å². The highest BCUT2D eigenvalue weighted by atomic mass is 16.6. The average molecular weight is 539 g/mol. The summed E-state index contributed by atoms with van der Waals surface area (Å²) in [4.78, 5) is 42.0. The van der Waals surface area contributed by atoms with E-state index in [0.29, 0.717) is 43.5 Å². The van der Waals surface area contributed by atoms with Crippen molar-refractivity contribution in [1.29, 1.82) is 0 Å². The summed E-state index contributed by atoms with van der Waals surface area (Å²) in [5.74, 6) is 0.292. The second-order valence-corrected chi connectivity index (χ2v) is 11.3. The minimum atomic E-state index is -0.554. The lowest BCUT2D eigenvalue weighted by atomic mass is 10.1. The first kappa shape index (κ1) is 28.6. The van der Waals surface area contributed by atoms with Crippen molar-refractivity contribution < 1.29 is 19.1 Å². The van der Waals surface area contributed by atoms with Gasteiger partial charge < -0.3 is 29.5 Å². The van der Waals surface area contributed by atoms with Crippen LogP contribution in [0.5, 0.6) is 5.88 Å². The number of pyridine rings is 2. The zero-order chi connectivity index (χ0) is 28.2. The van der Waals surface area contributed by atoms with Crippen molar-refractivity contribution in [2.24, 2.45) is 0 Å². The van der Waals surface area contributed by atoms with Crippen molar-refractivity contribution >= 4 is 17.7 Å². The van der Waals surface area contributed by atoms with Gasteiger partial charge in [-0.3, -0.25) is 4.79 Å². The van der Waals surface area contributed by atoms with Gasteiger partial charge in [-0.05, 0) is 78.4 Å². The van der Waals surface area contributed by atoms with Crippen molar-refractivity contribution in [2.45, 2.75) is 65.1 Å². The van der Waals surface area contributed by atoms with Gasteiger partial charge in [0.15, 0.2) is 5.69 Å². The van der Waals surface area contributed by atoms with E-state index >= 15 is 0 Å². The summed E-state index contributed by atoms with van der Waals surface area (Å²) in [5.41, 5.74) is 1.95. The van der Waals surface area contributed by atoms with E-state index in [0.717, 1.165) is 37.2 Å². The Labute approximate surface area is 231 Å². The Hall–Kier alpha value is -3.40. The molecule has 2 amide bonds. The van der Waals surface area contributed by atoms with E-state index in [9.17, 15) is 9.59 Å². The summed E-state index contributed by atoms with van der Waals surface area (Å²) in [6, 6.07) is 7.71. The smallest absolute Gasteiger partial charge is 0.410 e. The Morgan fingerprint density at radius 3 is 2.56 bits per heavy atom. The molecule has 2 aliphatic heterocycles. The summed E-state index contributed by atoms with van der Waals surface area (Å²) in [6.07, 6.45) is 3.08. The Kier molecular flexibility index (Phi) is 8.94. The van der Waals surface area contributed by atoms with Crippen LogP contribution in [0, 0.1) is 0 Å². The molecule has 0 unspecified atom stereocenters. The molecule has 0 spiro atoms. The summed E-state index contributed by atoms with van der Waals surface area (Å²) < 4.78 is 11.4. The first-order valence-corrected chi connectivity index (χ1v) is 13.9. The number of amides is 2. The van der Waals surface area contributed by atoms with Gasteiger partial charge >= 0.3 is 6.09 Å². The predicted molar refractivity (Wildman–Crippen MR) is 151 cm³/mol. The van der Waals surface area contributed by atoms with E-state index in [4.69, 9.17) is 14.5 Å². The molecule has 4 heterocycles. The first-order valence-electron chi connectivity index (χ1n) is 13.9. The molecule has 10 nitrogen and oxygen atoms in total. The van der Waals surface area contributed by atoms with Gasteiger partial charge in [-0.2, -0.15) is 0 Å². The molecular weight excluding hydrogens is 496 g/mol. The van der Waals surface area contributed by atoms with Crippen LogP contribution < -0.4 is 15.0 Å². The number of hydrogen-bond donors (Lipinski definition) is 1. The Morgan fingerprint density at radius 1 is 1.10 bits per heavy atom. The molecule has 2 atom stereocenters. The molecule has 10 heteroatoms. The van der Waals surface area contributed by atoms with Gasteiger partial charge in [-0.1, -0.05) is 6.92 Å². The third-order valence-corrected chi connectivity index (χ3v) is 7.06. The van der Waals surface area contributed by atoms with Crippen LogP contribution in [-0.4, -0.2) is 95.8 Å². The third-order valence-electron chi connectivity index (χ3n) is 7.06. The van der Waals surface area contributed by atoms with Crippen LogP contribution in [0.4, 0.5) is 10.5 Å². The topological polar surface area (TPSA) is 100 Å². The number of likely N-dealkylation sites (tertiary alicyclic amines) is 1.